The van der Waals surface area contributed by atoms with Crippen molar-refractivity contribution in [3.8, 4) is 5.69 Å². The van der Waals surface area contributed by atoms with Crippen LogP contribution < -0.4 is 10.5 Å². The Bertz CT molecular complexity index is 1570. The maximum Gasteiger partial charge on any atom is 0.238 e. The third kappa shape index (κ3) is 5.07. The van der Waals surface area contributed by atoms with E-state index in [2.05, 4.69) is 48.6 Å². The highest BCUT2D eigenvalue weighted by atomic mass is 79.9. The van der Waals surface area contributed by atoms with Gasteiger partial charge in [-0.1, -0.05) is 35.5 Å². The molecule has 1 fully saturated rings. The summed E-state index contributed by atoms with van der Waals surface area (Å²) in [6, 6.07) is 12.0. The number of amides is 1. The molecule has 1 amide bonds. The number of rotatable bonds is 7. The number of carbonyl (C=O) groups excluding carboxylic acids is 1. The van der Waals surface area contributed by atoms with Crippen LogP contribution in [0.3, 0.4) is 0 Å². The van der Waals surface area contributed by atoms with Gasteiger partial charge in [0.15, 0.2) is 5.16 Å². The van der Waals surface area contributed by atoms with E-state index >= 15 is 0 Å². The lowest BCUT2D eigenvalue weighted by molar-refractivity contribution is -0.113. The molecule has 5 rings (SSSR count). The van der Waals surface area contributed by atoms with Crippen LogP contribution in [-0.2, 0) is 14.8 Å². The van der Waals surface area contributed by atoms with Gasteiger partial charge in [0.05, 0.1) is 32.6 Å². The minimum atomic E-state index is -3.89. The number of fused-ring (bicyclic) bond motifs is 1. The van der Waals surface area contributed by atoms with Crippen molar-refractivity contribution < 1.29 is 13.2 Å². The fourth-order valence-corrected chi connectivity index (χ4v) is 5.88. The summed E-state index contributed by atoms with van der Waals surface area (Å²) in [5, 5.41) is 17.8. The lowest BCUT2D eigenvalue weighted by atomic mass is 10.0. The fraction of sp³-hybridized carbons (Fsp3) is 0.182. The lowest BCUT2D eigenvalue weighted by Crippen LogP contribution is -2.16. The number of carbonyl (C=O) groups is 1. The SMILES string of the molecule is NS(=O)(=O)c1ccc(NC(=O)CSc2nnc(Br)n2-c2ccc(C3CC3)c3cccnc23)c(Cl)c1. The molecule has 0 atom stereocenters. The zero-order valence-electron chi connectivity index (χ0n) is 18.0. The van der Waals surface area contributed by atoms with Crippen LogP contribution in [0.15, 0.2) is 63.4 Å². The van der Waals surface area contributed by atoms with Crippen LogP contribution in [0.5, 0.6) is 0 Å². The van der Waals surface area contributed by atoms with E-state index in [0.29, 0.717) is 15.8 Å². The van der Waals surface area contributed by atoms with E-state index in [4.69, 9.17) is 16.7 Å². The minimum absolute atomic E-state index is 0.0178. The van der Waals surface area contributed by atoms with Gasteiger partial charge in [-0.15, -0.1) is 10.2 Å². The number of sulfonamides is 1. The fourth-order valence-electron chi connectivity index (χ4n) is 3.75. The normalized spacial score (nSPS) is 13.8. The van der Waals surface area contributed by atoms with E-state index in [0.717, 1.165) is 16.6 Å². The average Bonchev–Trinajstić information content (AvgIpc) is 3.60. The topological polar surface area (TPSA) is 133 Å². The van der Waals surface area contributed by atoms with Gasteiger partial charge in [-0.3, -0.25) is 14.3 Å². The molecule has 180 valence electrons. The Labute approximate surface area is 218 Å². The second kappa shape index (κ2) is 9.51. The minimum Gasteiger partial charge on any atom is -0.324 e. The van der Waals surface area contributed by atoms with Gasteiger partial charge in [-0.2, -0.15) is 0 Å². The molecule has 2 heterocycles. The number of halogens is 2. The van der Waals surface area contributed by atoms with Crippen LogP contribution in [0.2, 0.25) is 5.02 Å². The third-order valence-electron chi connectivity index (χ3n) is 5.51. The molecule has 0 spiro atoms. The van der Waals surface area contributed by atoms with E-state index in [1.807, 2.05) is 16.7 Å². The van der Waals surface area contributed by atoms with Crippen molar-refractivity contribution in [1.29, 1.82) is 0 Å². The van der Waals surface area contributed by atoms with E-state index in [1.165, 1.54) is 48.4 Å². The summed E-state index contributed by atoms with van der Waals surface area (Å²) in [5.41, 5.74) is 3.22. The van der Waals surface area contributed by atoms with Gasteiger partial charge in [0.1, 0.15) is 0 Å². The molecule has 35 heavy (non-hydrogen) atoms. The van der Waals surface area contributed by atoms with Gasteiger partial charge in [0.25, 0.3) is 0 Å². The predicted octanol–water partition coefficient (Wildman–Crippen LogP) is 4.49. The van der Waals surface area contributed by atoms with Crippen LogP contribution in [0.1, 0.15) is 24.3 Å². The smallest absolute Gasteiger partial charge is 0.238 e. The quantitative estimate of drug-likeness (QED) is 0.302. The summed E-state index contributed by atoms with van der Waals surface area (Å²) in [6.45, 7) is 0. The predicted molar refractivity (Wildman–Crippen MR) is 139 cm³/mol. The first-order valence-corrected chi connectivity index (χ1v) is 14.2. The molecule has 1 aliphatic carbocycles. The van der Waals surface area contributed by atoms with Gasteiger partial charge in [0, 0.05) is 11.6 Å². The molecule has 4 aromatic rings. The van der Waals surface area contributed by atoms with Crippen molar-refractivity contribution in [2.24, 2.45) is 5.14 Å². The molecule has 0 bridgehead atoms. The second-order valence-corrected chi connectivity index (χ2v) is 11.6. The molecule has 0 saturated heterocycles. The van der Waals surface area contributed by atoms with Crippen molar-refractivity contribution in [3.05, 3.63) is 64.0 Å². The van der Waals surface area contributed by atoms with Crippen molar-refractivity contribution >= 4 is 71.8 Å². The molecule has 0 aliphatic heterocycles. The molecule has 9 nitrogen and oxygen atoms in total. The lowest BCUT2D eigenvalue weighted by Gasteiger charge is -2.13. The van der Waals surface area contributed by atoms with Crippen LogP contribution in [0.4, 0.5) is 5.69 Å². The van der Waals surface area contributed by atoms with Crippen LogP contribution >= 0.6 is 39.3 Å². The molecule has 13 heteroatoms. The summed E-state index contributed by atoms with van der Waals surface area (Å²) >= 11 is 10.8. The molecule has 2 aromatic heterocycles. The number of nitrogens with zero attached hydrogens (tertiary/aromatic N) is 4. The third-order valence-corrected chi connectivity index (χ3v) is 8.18. The molecule has 1 saturated carbocycles. The molecule has 0 unspecified atom stereocenters. The van der Waals surface area contributed by atoms with E-state index in [1.54, 1.807) is 6.20 Å². The first kappa shape index (κ1) is 24.2. The highest BCUT2D eigenvalue weighted by Crippen LogP contribution is 2.44. The Kier molecular flexibility index (Phi) is 6.57. The maximum atomic E-state index is 12.6. The molecular weight excluding hydrogens is 576 g/mol. The van der Waals surface area contributed by atoms with Crippen LogP contribution in [0, 0.1) is 0 Å². The van der Waals surface area contributed by atoms with Crippen LogP contribution in [0.25, 0.3) is 16.6 Å². The number of thioether (sulfide) groups is 1. The zero-order valence-corrected chi connectivity index (χ0v) is 22.0. The number of hydrogen-bond acceptors (Lipinski definition) is 7. The summed E-state index contributed by atoms with van der Waals surface area (Å²) in [6.07, 6.45) is 4.13. The van der Waals surface area contributed by atoms with Gasteiger partial charge in [-0.25, -0.2) is 13.6 Å². The van der Waals surface area contributed by atoms with Crippen molar-refractivity contribution in [2.75, 3.05) is 11.1 Å². The Morgan fingerprint density at radius 3 is 2.74 bits per heavy atom. The largest absolute Gasteiger partial charge is 0.324 e. The maximum absolute atomic E-state index is 12.6. The van der Waals surface area contributed by atoms with E-state index in [9.17, 15) is 13.2 Å². The Balaban J connectivity index is 1.37. The number of anilines is 1. The zero-order chi connectivity index (χ0) is 24.7. The standard InChI is InChI=1S/C22H18BrClN6O3S2/c23-21-28-29-22(34-11-19(31)27-17-7-5-13(10-16(17)24)35(25,32)33)30(21)18-8-6-14(12-3-4-12)15-2-1-9-26-20(15)18/h1-2,5-10,12H,3-4,11H2,(H,27,31)(H2,25,32,33). The number of pyridine rings is 1. The number of primary sulfonamides is 1. The van der Waals surface area contributed by atoms with Gasteiger partial charge in [-0.05, 0) is 70.6 Å². The Morgan fingerprint density at radius 1 is 1.23 bits per heavy atom. The number of nitrogens with two attached hydrogens (primary N) is 1. The van der Waals surface area contributed by atoms with Gasteiger partial charge >= 0.3 is 0 Å². The molecule has 1 aliphatic rings. The van der Waals surface area contributed by atoms with Crippen molar-refractivity contribution in [1.82, 2.24) is 19.7 Å². The average molecular weight is 594 g/mol. The summed E-state index contributed by atoms with van der Waals surface area (Å²) < 4.78 is 25.3. The molecular formula is C22H18BrClN6O3S2. The highest BCUT2D eigenvalue weighted by molar-refractivity contribution is 9.10. The van der Waals surface area contributed by atoms with Crippen molar-refractivity contribution in [3.63, 3.8) is 0 Å². The van der Waals surface area contributed by atoms with Crippen molar-refractivity contribution in [2.45, 2.75) is 28.8 Å². The molecule has 2 aromatic carbocycles. The molecule has 3 N–H and O–H groups in total. The van der Waals surface area contributed by atoms with E-state index < -0.39 is 10.0 Å². The highest BCUT2D eigenvalue weighted by Gasteiger charge is 2.27. The monoisotopic (exact) mass is 592 g/mol. The first-order chi connectivity index (χ1) is 16.7. The van der Waals surface area contributed by atoms with E-state index in [-0.39, 0.29) is 27.3 Å². The number of hydrogen-bond donors (Lipinski definition) is 2. The summed E-state index contributed by atoms with van der Waals surface area (Å²) in [5.74, 6) is 0.241. The second-order valence-electron chi connectivity index (χ2n) is 7.96. The van der Waals surface area contributed by atoms with Crippen LogP contribution in [-0.4, -0.2) is 39.8 Å². The summed E-state index contributed by atoms with van der Waals surface area (Å²) in [7, 11) is -3.89. The first-order valence-electron chi connectivity index (χ1n) is 10.5. The Hall–Kier alpha value is -2.51. The number of benzene rings is 2. The van der Waals surface area contributed by atoms with Gasteiger partial charge in [0.2, 0.25) is 20.7 Å². The number of nitrogens with one attached hydrogen (secondary N) is 1. The Morgan fingerprint density at radius 2 is 2.03 bits per heavy atom. The molecule has 0 radical (unpaired) electrons. The van der Waals surface area contributed by atoms with Gasteiger partial charge < -0.3 is 5.32 Å². The number of aromatic nitrogens is 4. The summed E-state index contributed by atoms with van der Waals surface area (Å²) in [4.78, 5) is 17.1.